The van der Waals surface area contributed by atoms with E-state index in [1.807, 2.05) is 19.9 Å². The highest BCUT2D eigenvalue weighted by atomic mass is 16.5. The van der Waals surface area contributed by atoms with Crippen LogP contribution in [0.1, 0.15) is 25.2 Å². The van der Waals surface area contributed by atoms with Crippen molar-refractivity contribution in [1.29, 1.82) is 0 Å². The number of rotatable bonds is 4. The Bertz CT molecular complexity index is 383. The average Bonchev–Trinajstić information content (AvgIpc) is 2.44. The monoisotopic (exact) mass is 225 g/mol. The zero-order chi connectivity index (χ0) is 12.3. The Morgan fingerprint density at radius 1 is 1.62 bits per heavy atom. The van der Waals surface area contributed by atoms with Gasteiger partial charge in [-0.15, -0.1) is 0 Å². The summed E-state index contributed by atoms with van der Waals surface area (Å²) >= 11 is 0. The van der Waals surface area contributed by atoms with Gasteiger partial charge in [0.15, 0.2) is 0 Å². The van der Waals surface area contributed by atoms with E-state index in [2.05, 4.69) is 5.10 Å². The smallest absolute Gasteiger partial charge is 0.327 e. The van der Waals surface area contributed by atoms with Gasteiger partial charge < -0.3 is 10.5 Å². The summed E-state index contributed by atoms with van der Waals surface area (Å²) in [6, 6.07) is 1.95. The Morgan fingerprint density at radius 3 is 2.69 bits per heavy atom. The van der Waals surface area contributed by atoms with E-state index in [9.17, 15) is 4.79 Å². The normalized spacial score (nSPS) is 14.6. The van der Waals surface area contributed by atoms with Crippen LogP contribution in [0.25, 0.3) is 0 Å². The fourth-order valence-electron chi connectivity index (χ4n) is 1.51. The lowest BCUT2D eigenvalue weighted by molar-refractivity contribution is -0.149. The molecule has 0 saturated heterocycles. The quantitative estimate of drug-likeness (QED) is 0.769. The summed E-state index contributed by atoms with van der Waals surface area (Å²) in [5.74, 6) is -0.400. The molecule has 0 radical (unpaired) electrons. The van der Waals surface area contributed by atoms with Crippen molar-refractivity contribution in [3.8, 4) is 0 Å². The Labute approximate surface area is 95.6 Å². The summed E-state index contributed by atoms with van der Waals surface area (Å²) in [5.41, 5.74) is 6.78. The predicted octanol–water partition coefficient (Wildman–Crippen LogP) is 0.780. The summed E-state index contributed by atoms with van der Waals surface area (Å²) in [7, 11) is 0. The highest BCUT2D eigenvalue weighted by molar-refractivity contribution is 5.79. The van der Waals surface area contributed by atoms with Crippen molar-refractivity contribution in [3.63, 3.8) is 0 Å². The molecule has 1 atom stereocenters. The number of aromatic nitrogens is 2. The van der Waals surface area contributed by atoms with E-state index < -0.39 is 11.5 Å². The fourth-order valence-corrected chi connectivity index (χ4v) is 1.51. The van der Waals surface area contributed by atoms with Crippen LogP contribution in [0, 0.1) is 13.8 Å². The van der Waals surface area contributed by atoms with Crippen molar-refractivity contribution in [1.82, 2.24) is 9.78 Å². The third-order valence-electron chi connectivity index (χ3n) is 2.32. The molecule has 0 amide bonds. The van der Waals surface area contributed by atoms with Gasteiger partial charge in [0.2, 0.25) is 0 Å². The molecule has 0 aliphatic heterocycles. The molecular weight excluding hydrogens is 206 g/mol. The van der Waals surface area contributed by atoms with E-state index in [0.29, 0.717) is 13.2 Å². The van der Waals surface area contributed by atoms with E-state index >= 15 is 0 Å². The minimum Gasteiger partial charge on any atom is -0.465 e. The maximum Gasteiger partial charge on any atom is 0.327 e. The summed E-state index contributed by atoms with van der Waals surface area (Å²) < 4.78 is 6.65. The van der Waals surface area contributed by atoms with E-state index in [-0.39, 0.29) is 0 Å². The lowest BCUT2D eigenvalue weighted by atomic mass is 10.1. The molecule has 1 unspecified atom stereocenters. The number of carbonyl (C=O) groups excluding carboxylic acids is 1. The molecule has 5 heteroatoms. The van der Waals surface area contributed by atoms with Crippen molar-refractivity contribution in [2.75, 3.05) is 6.61 Å². The van der Waals surface area contributed by atoms with Crippen LogP contribution in [0.4, 0.5) is 0 Å². The molecule has 0 spiro atoms. The van der Waals surface area contributed by atoms with Crippen LogP contribution in [0.2, 0.25) is 0 Å². The van der Waals surface area contributed by atoms with Gasteiger partial charge in [0.25, 0.3) is 0 Å². The van der Waals surface area contributed by atoms with Crippen LogP contribution >= 0.6 is 0 Å². The molecule has 0 aliphatic rings. The minimum absolute atomic E-state index is 0.325. The summed E-state index contributed by atoms with van der Waals surface area (Å²) in [5, 5.41) is 4.27. The Kier molecular flexibility index (Phi) is 3.70. The van der Waals surface area contributed by atoms with Gasteiger partial charge in [-0.1, -0.05) is 0 Å². The molecule has 90 valence electrons. The maximum atomic E-state index is 11.6. The molecule has 16 heavy (non-hydrogen) atoms. The standard InChI is InChI=1S/C11H19N3O2/c1-5-16-10(15)11(4,12)7-14-9(3)6-8(2)13-14/h6H,5,7,12H2,1-4H3. The topological polar surface area (TPSA) is 70.1 Å². The van der Waals surface area contributed by atoms with E-state index in [4.69, 9.17) is 10.5 Å². The molecule has 1 aromatic rings. The number of carbonyl (C=O) groups is 1. The third kappa shape index (κ3) is 2.82. The number of nitrogens with two attached hydrogens (primary N) is 1. The number of ether oxygens (including phenoxy) is 1. The largest absolute Gasteiger partial charge is 0.465 e. The zero-order valence-electron chi connectivity index (χ0n) is 10.3. The number of hydrogen-bond acceptors (Lipinski definition) is 4. The fraction of sp³-hybridized carbons (Fsp3) is 0.636. The van der Waals surface area contributed by atoms with Crippen LogP contribution in [0.5, 0.6) is 0 Å². The van der Waals surface area contributed by atoms with Gasteiger partial charge in [-0.25, -0.2) is 4.79 Å². The highest BCUT2D eigenvalue weighted by Gasteiger charge is 2.31. The molecule has 0 fully saturated rings. The number of nitrogens with zero attached hydrogens (tertiary/aromatic N) is 2. The molecular formula is C11H19N3O2. The van der Waals surface area contributed by atoms with Gasteiger partial charge in [-0.3, -0.25) is 4.68 Å². The zero-order valence-corrected chi connectivity index (χ0v) is 10.3. The predicted molar refractivity (Wildman–Crippen MR) is 60.9 cm³/mol. The maximum absolute atomic E-state index is 11.6. The van der Waals surface area contributed by atoms with Crippen LogP contribution < -0.4 is 5.73 Å². The molecule has 1 aromatic heterocycles. The van der Waals surface area contributed by atoms with Crippen molar-refractivity contribution in [2.24, 2.45) is 5.73 Å². The molecule has 1 rings (SSSR count). The van der Waals surface area contributed by atoms with Gasteiger partial charge in [0.1, 0.15) is 5.54 Å². The van der Waals surface area contributed by atoms with Crippen molar-refractivity contribution >= 4 is 5.97 Å². The first-order valence-corrected chi connectivity index (χ1v) is 5.34. The number of esters is 1. The lowest BCUT2D eigenvalue weighted by Crippen LogP contribution is -2.50. The molecule has 2 N–H and O–H groups in total. The second kappa shape index (κ2) is 4.65. The van der Waals surface area contributed by atoms with Gasteiger partial charge >= 0.3 is 5.97 Å². The van der Waals surface area contributed by atoms with Crippen LogP contribution in [0.3, 0.4) is 0 Å². The number of aryl methyl sites for hydroxylation is 2. The van der Waals surface area contributed by atoms with Crippen molar-refractivity contribution in [3.05, 3.63) is 17.5 Å². The summed E-state index contributed by atoms with van der Waals surface area (Å²) in [4.78, 5) is 11.6. The van der Waals surface area contributed by atoms with Crippen molar-refractivity contribution in [2.45, 2.75) is 39.8 Å². The van der Waals surface area contributed by atoms with Crippen LogP contribution in [0.15, 0.2) is 6.07 Å². The first-order chi connectivity index (χ1) is 7.36. The van der Waals surface area contributed by atoms with E-state index in [0.717, 1.165) is 11.4 Å². The molecule has 5 nitrogen and oxygen atoms in total. The molecule has 0 bridgehead atoms. The van der Waals surface area contributed by atoms with E-state index in [1.54, 1.807) is 18.5 Å². The molecule has 0 aromatic carbocycles. The second-order valence-corrected chi connectivity index (χ2v) is 4.22. The average molecular weight is 225 g/mol. The first kappa shape index (κ1) is 12.7. The summed E-state index contributed by atoms with van der Waals surface area (Å²) in [6.45, 7) is 7.91. The van der Waals surface area contributed by atoms with Gasteiger partial charge in [-0.2, -0.15) is 5.10 Å². The highest BCUT2D eigenvalue weighted by Crippen LogP contribution is 2.10. The van der Waals surface area contributed by atoms with Gasteiger partial charge in [0, 0.05) is 5.69 Å². The molecule has 0 saturated carbocycles. The van der Waals surface area contributed by atoms with Gasteiger partial charge in [-0.05, 0) is 33.8 Å². The Morgan fingerprint density at radius 2 is 2.25 bits per heavy atom. The Balaban J connectivity index is 2.79. The summed E-state index contributed by atoms with van der Waals surface area (Å²) in [6.07, 6.45) is 0. The van der Waals surface area contributed by atoms with Crippen LogP contribution in [-0.2, 0) is 16.1 Å². The lowest BCUT2D eigenvalue weighted by Gasteiger charge is -2.22. The Hall–Kier alpha value is -1.36. The third-order valence-corrected chi connectivity index (χ3v) is 2.32. The minimum atomic E-state index is -1.04. The van der Waals surface area contributed by atoms with Crippen LogP contribution in [-0.4, -0.2) is 27.9 Å². The molecule has 0 aliphatic carbocycles. The van der Waals surface area contributed by atoms with Crippen molar-refractivity contribution < 1.29 is 9.53 Å². The SMILES string of the molecule is CCOC(=O)C(C)(N)Cn1nc(C)cc1C. The van der Waals surface area contributed by atoms with E-state index in [1.165, 1.54) is 0 Å². The molecule has 1 heterocycles. The second-order valence-electron chi connectivity index (χ2n) is 4.22. The van der Waals surface area contributed by atoms with Gasteiger partial charge in [0.05, 0.1) is 18.8 Å². The number of hydrogen-bond donors (Lipinski definition) is 1. The first-order valence-electron chi connectivity index (χ1n) is 5.34.